The summed E-state index contributed by atoms with van der Waals surface area (Å²) in [5, 5.41) is 16.5. The van der Waals surface area contributed by atoms with Crippen molar-refractivity contribution >= 4 is 33.3 Å². The Kier molecular flexibility index (Phi) is 7.51. The van der Waals surface area contributed by atoms with Crippen molar-refractivity contribution in [3.05, 3.63) is 23.7 Å². The zero-order valence-electron chi connectivity index (χ0n) is 20.8. The first-order chi connectivity index (χ1) is 17.8. The van der Waals surface area contributed by atoms with Crippen LogP contribution < -0.4 is 10.6 Å². The number of ether oxygens (including phenoxy) is 1. The SMILES string of the molecule is CCOC(CNc1nc(C)c(-c2nc3c(C4CC4)nccc3s2)c(NC2CCC(CO)C2)n1)C(F)(F)F. The molecule has 200 valence electrons. The summed E-state index contributed by atoms with van der Waals surface area (Å²) in [4.78, 5) is 18.6. The van der Waals surface area contributed by atoms with E-state index in [2.05, 4.69) is 25.6 Å². The summed E-state index contributed by atoms with van der Waals surface area (Å²) in [5.74, 6) is 1.28. The molecular weight excluding hydrogens is 505 g/mol. The molecule has 0 bridgehead atoms. The molecule has 3 N–H and O–H groups in total. The average molecular weight is 537 g/mol. The van der Waals surface area contributed by atoms with E-state index in [-0.39, 0.29) is 31.1 Å². The molecule has 3 unspecified atom stereocenters. The number of pyridine rings is 1. The minimum atomic E-state index is -4.50. The van der Waals surface area contributed by atoms with E-state index in [9.17, 15) is 18.3 Å². The van der Waals surface area contributed by atoms with Gasteiger partial charge in [-0.25, -0.2) is 9.97 Å². The van der Waals surface area contributed by atoms with Gasteiger partial charge in [0, 0.05) is 31.4 Å². The number of nitrogens with zero attached hydrogens (tertiary/aromatic N) is 4. The van der Waals surface area contributed by atoms with Crippen molar-refractivity contribution in [1.29, 1.82) is 0 Å². The standard InChI is InChI=1S/C25H31F3N6O2S/c1-3-36-18(25(26,27)28)11-30-24-31-13(2)19(22(34-24)32-16-7-4-14(10-16)12-35)23-33-21-17(37-23)8-9-29-20(21)15-5-6-15/h8-9,14-16,18,35H,3-7,10-12H2,1-2H3,(H2,30,31,32,34). The molecule has 3 aromatic heterocycles. The Balaban J connectivity index is 1.49. The van der Waals surface area contributed by atoms with Gasteiger partial charge in [0.25, 0.3) is 0 Å². The predicted molar refractivity (Wildman–Crippen MR) is 137 cm³/mol. The molecule has 0 spiro atoms. The van der Waals surface area contributed by atoms with Gasteiger partial charge in [-0.3, -0.25) is 4.98 Å². The molecule has 2 aliphatic rings. The van der Waals surface area contributed by atoms with Crippen LogP contribution in [0.2, 0.25) is 0 Å². The second-order valence-electron chi connectivity index (χ2n) is 9.76. The molecule has 8 nitrogen and oxygen atoms in total. The lowest BCUT2D eigenvalue weighted by molar-refractivity contribution is -0.214. The van der Waals surface area contributed by atoms with Crippen molar-refractivity contribution in [2.75, 3.05) is 30.4 Å². The number of hydrogen-bond donors (Lipinski definition) is 3. The van der Waals surface area contributed by atoms with Crippen LogP contribution in [-0.2, 0) is 4.74 Å². The number of hydrogen-bond acceptors (Lipinski definition) is 9. The summed E-state index contributed by atoms with van der Waals surface area (Å²) in [7, 11) is 0. The normalized spacial score (nSPS) is 20.9. The number of aliphatic hydroxyl groups excluding tert-OH is 1. The fraction of sp³-hybridized carbons (Fsp3) is 0.600. The quantitative estimate of drug-likeness (QED) is 0.321. The largest absolute Gasteiger partial charge is 0.416 e. The lowest BCUT2D eigenvalue weighted by Crippen LogP contribution is -2.38. The van der Waals surface area contributed by atoms with Crippen LogP contribution in [0.15, 0.2) is 12.3 Å². The van der Waals surface area contributed by atoms with Crippen LogP contribution in [0, 0.1) is 12.8 Å². The summed E-state index contributed by atoms with van der Waals surface area (Å²) in [6.07, 6.45) is 0.135. The number of thiazole rings is 1. The number of anilines is 2. The lowest BCUT2D eigenvalue weighted by Gasteiger charge is -2.22. The van der Waals surface area contributed by atoms with Gasteiger partial charge in [-0.1, -0.05) is 0 Å². The van der Waals surface area contributed by atoms with Gasteiger partial charge in [-0.05, 0) is 57.9 Å². The first-order valence-corrected chi connectivity index (χ1v) is 13.5. The van der Waals surface area contributed by atoms with E-state index >= 15 is 0 Å². The van der Waals surface area contributed by atoms with E-state index in [0.29, 0.717) is 17.4 Å². The van der Waals surface area contributed by atoms with Gasteiger partial charge in [-0.15, -0.1) is 11.3 Å². The topological polar surface area (TPSA) is 105 Å². The molecule has 3 aromatic rings. The molecule has 5 rings (SSSR count). The summed E-state index contributed by atoms with van der Waals surface area (Å²) in [6, 6.07) is 2.04. The third-order valence-corrected chi connectivity index (χ3v) is 7.96. The van der Waals surface area contributed by atoms with Crippen LogP contribution in [0.3, 0.4) is 0 Å². The number of alkyl halides is 3. The summed E-state index contributed by atoms with van der Waals surface area (Å²) < 4.78 is 45.9. The third-order valence-electron chi connectivity index (χ3n) is 6.92. The number of aryl methyl sites for hydroxylation is 1. The van der Waals surface area contributed by atoms with Crippen molar-refractivity contribution in [1.82, 2.24) is 19.9 Å². The molecule has 2 aliphatic carbocycles. The fourth-order valence-electron chi connectivity index (χ4n) is 4.87. The Hall–Kier alpha value is -2.57. The van der Waals surface area contributed by atoms with Crippen LogP contribution in [0.25, 0.3) is 20.8 Å². The maximum atomic E-state index is 13.3. The van der Waals surface area contributed by atoms with Gasteiger partial charge >= 0.3 is 6.18 Å². The Morgan fingerprint density at radius 1 is 1.19 bits per heavy atom. The van der Waals surface area contributed by atoms with Gasteiger partial charge in [0.2, 0.25) is 5.95 Å². The third kappa shape index (κ3) is 5.80. The van der Waals surface area contributed by atoms with Crippen LogP contribution in [0.4, 0.5) is 24.9 Å². The summed E-state index contributed by atoms with van der Waals surface area (Å²) in [5.41, 5.74) is 3.25. The van der Waals surface area contributed by atoms with Crippen molar-refractivity contribution in [3.63, 3.8) is 0 Å². The van der Waals surface area contributed by atoms with E-state index < -0.39 is 18.8 Å². The fourth-order valence-corrected chi connectivity index (χ4v) is 5.94. The van der Waals surface area contributed by atoms with Gasteiger partial charge < -0.3 is 20.5 Å². The number of aromatic nitrogens is 4. The zero-order valence-corrected chi connectivity index (χ0v) is 21.6. The van der Waals surface area contributed by atoms with Crippen LogP contribution in [0.5, 0.6) is 0 Å². The number of fused-ring (bicyclic) bond motifs is 1. The molecule has 0 aromatic carbocycles. The van der Waals surface area contributed by atoms with Gasteiger partial charge in [0.15, 0.2) is 6.10 Å². The van der Waals surface area contributed by atoms with Crippen LogP contribution in [-0.4, -0.2) is 63.1 Å². The molecular formula is C25H31F3N6O2S. The van der Waals surface area contributed by atoms with Gasteiger partial charge in [0.05, 0.1) is 28.2 Å². The van der Waals surface area contributed by atoms with Crippen molar-refractivity contribution in [2.24, 2.45) is 5.92 Å². The van der Waals surface area contributed by atoms with E-state index in [1.54, 1.807) is 0 Å². The van der Waals surface area contributed by atoms with Crippen LogP contribution >= 0.6 is 11.3 Å². The highest BCUT2D eigenvalue weighted by Crippen LogP contribution is 2.44. The molecule has 0 aliphatic heterocycles. The molecule has 0 saturated heterocycles. The number of aliphatic hydroxyl groups is 1. The van der Waals surface area contributed by atoms with Gasteiger partial charge in [-0.2, -0.15) is 18.2 Å². The highest BCUT2D eigenvalue weighted by molar-refractivity contribution is 7.21. The molecule has 12 heteroatoms. The smallest absolute Gasteiger partial charge is 0.396 e. The molecule has 2 saturated carbocycles. The number of nitrogens with one attached hydrogen (secondary N) is 2. The zero-order chi connectivity index (χ0) is 26.2. The molecule has 3 heterocycles. The minimum absolute atomic E-state index is 0.0551. The van der Waals surface area contributed by atoms with Crippen molar-refractivity contribution in [3.8, 4) is 10.6 Å². The van der Waals surface area contributed by atoms with E-state index in [1.165, 1.54) is 18.3 Å². The Labute approximate surface area is 217 Å². The maximum Gasteiger partial charge on any atom is 0.416 e. The molecule has 0 amide bonds. The molecule has 37 heavy (non-hydrogen) atoms. The molecule has 3 atom stereocenters. The van der Waals surface area contributed by atoms with E-state index in [1.807, 2.05) is 19.2 Å². The highest BCUT2D eigenvalue weighted by atomic mass is 32.1. The maximum absolute atomic E-state index is 13.3. The first-order valence-electron chi connectivity index (χ1n) is 12.7. The van der Waals surface area contributed by atoms with E-state index in [4.69, 9.17) is 9.72 Å². The van der Waals surface area contributed by atoms with E-state index in [0.717, 1.165) is 58.6 Å². The second-order valence-corrected chi connectivity index (χ2v) is 10.8. The Morgan fingerprint density at radius 3 is 2.68 bits per heavy atom. The lowest BCUT2D eigenvalue weighted by atomic mass is 10.1. The second kappa shape index (κ2) is 10.7. The summed E-state index contributed by atoms with van der Waals surface area (Å²) >= 11 is 1.53. The predicted octanol–water partition coefficient (Wildman–Crippen LogP) is 5.29. The Bertz CT molecular complexity index is 1250. The molecule has 2 fully saturated rings. The van der Waals surface area contributed by atoms with Gasteiger partial charge in [0.1, 0.15) is 16.3 Å². The van der Waals surface area contributed by atoms with Crippen LogP contribution in [0.1, 0.15) is 56.3 Å². The Morgan fingerprint density at radius 2 is 2.00 bits per heavy atom. The van der Waals surface area contributed by atoms with Crippen molar-refractivity contribution < 1.29 is 23.0 Å². The minimum Gasteiger partial charge on any atom is -0.396 e. The monoisotopic (exact) mass is 536 g/mol. The first kappa shape index (κ1) is 26.1. The summed E-state index contributed by atoms with van der Waals surface area (Å²) in [6.45, 7) is 2.92. The number of halogens is 3. The highest BCUT2D eigenvalue weighted by Gasteiger charge is 2.40. The average Bonchev–Trinajstić information content (AvgIpc) is 3.44. The number of rotatable bonds is 10. The van der Waals surface area contributed by atoms with Crippen molar-refractivity contribution in [2.45, 2.75) is 70.2 Å². The molecule has 0 radical (unpaired) electrons.